The standard InChI is InChI=1S/C17H17ClN2O2S/c1-12-6-8-16(9-7-12)23(21,22)20-11-17(19-13(20)2)14-4-3-5-15(18)10-14/h3-10,17H,11H2,1-2H3. The zero-order chi connectivity index (χ0) is 16.6. The number of sulfonamides is 1. The van der Waals surface area contributed by atoms with E-state index in [0.717, 1.165) is 11.1 Å². The first-order valence-corrected chi connectivity index (χ1v) is 9.09. The van der Waals surface area contributed by atoms with Gasteiger partial charge in [-0.15, -0.1) is 0 Å². The molecule has 0 spiro atoms. The predicted molar refractivity (Wildman–Crippen MR) is 92.4 cm³/mol. The topological polar surface area (TPSA) is 49.7 Å². The summed E-state index contributed by atoms with van der Waals surface area (Å²) in [5.41, 5.74) is 1.94. The maximum atomic E-state index is 12.8. The van der Waals surface area contributed by atoms with Crippen LogP contribution in [0.2, 0.25) is 5.02 Å². The lowest BCUT2D eigenvalue weighted by Gasteiger charge is -2.19. The van der Waals surface area contributed by atoms with Crippen molar-refractivity contribution < 1.29 is 8.42 Å². The van der Waals surface area contributed by atoms with E-state index >= 15 is 0 Å². The molecule has 0 radical (unpaired) electrons. The monoisotopic (exact) mass is 348 g/mol. The molecule has 6 heteroatoms. The highest BCUT2D eigenvalue weighted by Crippen LogP contribution is 2.30. The summed E-state index contributed by atoms with van der Waals surface area (Å²) >= 11 is 6.02. The molecule has 0 saturated carbocycles. The van der Waals surface area contributed by atoms with Crippen LogP contribution in [0.25, 0.3) is 0 Å². The summed E-state index contributed by atoms with van der Waals surface area (Å²) in [5, 5.41) is 0.621. The molecule has 4 nitrogen and oxygen atoms in total. The van der Waals surface area contributed by atoms with E-state index in [-0.39, 0.29) is 10.9 Å². The highest BCUT2D eigenvalue weighted by atomic mass is 35.5. The SMILES string of the molecule is CC1=NC(c2cccc(Cl)c2)CN1S(=O)(=O)c1ccc(C)cc1. The van der Waals surface area contributed by atoms with Crippen molar-refractivity contribution >= 4 is 27.5 Å². The molecule has 0 N–H and O–H groups in total. The summed E-state index contributed by atoms with van der Waals surface area (Å²) in [6, 6.07) is 14.0. The number of benzene rings is 2. The molecule has 0 saturated heterocycles. The second-order valence-corrected chi connectivity index (χ2v) is 7.90. The quantitative estimate of drug-likeness (QED) is 0.846. The van der Waals surface area contributed by atoms with E-state index in [1.54, 1.807) is 37.3 Å². The van der Waals surface area contributed by atoms with Crippen LogP contribution in [-0.4, -0.2) is 25.1 Å². The number of aliphatic imine (C=N–C) groups is 1. The van der Waals surface area contributed by atoms with Crippen molar-refractivity contribution in [1.82, 2.24) is 4.31 Å². The van der Waals surface area contributed by atoms with Gasteiger partial charge in [-0.3, -0.25) is 9.30 Å². The van der Waals surface area contributed by atoms with Gasteiger partial charge >= 0.3 is 0 Å². The van der Waals surface area contributed by atoms with Gasteiger partial charge in [0.05, 0.1) is 17.5 Å². The molecule has 0 amide bonds. The zero-order valence-corrected chi connectivity index (χ0v) is 14.5. The van der Waals surface area contributed by atoms with Crippen LogP contribution in [0.5, 0.6) is 0 Å². The molecule has 2 aromatic rings. The number of rotatable bonds is 3. The number of aryl methyl sites for hydroxylation is 1. The zero-order valence-electron chi connectivity index (χ0n) is 12.9. The minimum atomic E-state index is -3.59. The first-order chi connectivity index (χ1) is 10.9. The van der Waals surface area contributed by atoms with E-state index in [0.29, 0.717) is 17.4 Å². The molecule has 0 aromatic heterocycles. The van der Waals surface area contributed by atoms with Crippen LogP contribution in [0.4, 0.5) is 0 Å². The van der Waals surface area contributed by atoms with Crippen molar-refractivity contribution in [2.24, 2.45) is 4.99 Å². The van der Waals surface area contributed by atoms with Gasteiger partial charge < -0.3 is 0 Å². The van der Waals surface area contributed by atoms with Crippen molar-refractivity contribution in [3.05, 3.63) is 64.7 Å². The summed E-state index contributed by atoms with van der Waals surface area (Å²) in [7, 11) is -3.59. The van der Waals surface area contributed by atoms with Gasteiger partial charge in [0.1, 0.15) is 5.84 Å². The normalized spacial score (nSPS) is 18.1. The molecule has 3 rings (SSSR count). The highest BCUT2D eigenvalue weighted by molar-refractivity contribution is 7.89. The van der Waals surface area contributed by atoms with E-state index in [1.165, 1.54) is 4.31 Å². The van der Waals surface area contributed by atoms with Gasteiger partial charge in [-0.25, -0.2) is 8.42 Å². The summed E-state index contributed by atoms with van der Waals surface area (Å²) < 4.78 is 27.0. The molecular weight excluding hydrogens is 332 g/mol. The van der Waals surface area contributed by atoms with Crippen LogP contribution in [0, 0.1) is 6.92 Å². The van der Waals surface area contributed by atoms with Gasteiger partial charge in [-0.2, -0.15) is 0 Å². The number of nitrogens with zero attached hydrogens (tertiary/aromatic N) is 2. The van der Waals surface area contributed by atoms with E-state index < -0.39 is 10.0 Å². The van der Waals surface area contributed by atoms with Crippen LogP contribution in [0.1, 0.15) is 24.1 Å². The van der Waals surface area contributed by atoms with E-state index in [9.17, 15) is 8.42 Å². The summed E-state index contributed by atoms with van der Waals surface area (Å²) in [5.74, 6) is 0.496. The lowest BCUT2D eigenvalue weighted by atomic mass is 10.1. The molecule has 1 unspecified atom stereocenters. The fourth-order valence-electron chi connectivity index (χ4n) is 2.62. The Kier molecular flexibility index (Phi) is 4.17. The third-order valence-corrected chi connectivity index (χ3v) is 5.98. The molecule has 0 fully saturated rings. The molecule has 23 heavy (non-hydrogen) atoms. The van der Waals surface area contributed by atoms with Crippen molar-refractivity contribution in [2.45, 2.75) is 24.8 Å². The summed E-state index contributed by atoms with van der Waals surface area (Å²) in [6.45, 7) is 3.94. The molecule has 120 valence electrons. The Morgan fingerprint density at radius 2 is 1.83 bits per heavy atom. The number of hydrogen-bond acceptors (Lipinski definition) is 3. The summed E-state index contributed by atoms with van der Waals surface area (Å²) in [4.78, 5) is 4.78. The minimum Gasteiger partial charge on any atom is -0.262 e. The average molecular weight is 349 g/mol. The molecule has 0 bridgehead atoms. The van der Waals surface area contributed by atoms with Crippen LogP contribution in [0.15, 0.2) is 58.4 Å². The fourth-order valence-corrected chi connectivity index (χ4v) is 4.29. The van der Waals surface area contributed by atoms with Crippen molar-refractivity contribution in [1.29, 1.82) is 0 Å². The minimum absolute atomic E-state index is 0.228. The molecular formula is C17H17ClN2O2S. The Bertz CT molecular complexity index is 860. The third kappa shape index (κ3) is 3.12. The van der Waals surface area contributed by atoms with Crippen molar-refractivity contribution in [3.63, 3.8) is 0 Å². The second-order valence-electron chi connectivity index (χ2n) is 5.60. The van der Waals surface area contributed by atoms with Crippen LogP contribution < -0.4 is 0 Å². The lowest BCUT2D eigenvalue weighted by molar-refractivity contribution is 0.519. The maximum Gasteiger partial charge on any atom is 0.265 e. The number of halogens is 1. The van der Waals surface area contributed by atoms with Crippen molar-refractivity contribution in [3.8, 4) is 0 Å². The van der Waals surface area contributed by atoms with Crippen molar-refractivity contribution in [2.75, 3.05) is 6.54 Å². The Labute approximate surface area is 141 Å². The van der Waals surface area contributed by atoms with Gasteiger partial charge in [-0.1, -0.05) is 41.4 Å². The lowest BCUT2D eigenvalue weighted by Crippen LogP contribution is -2.33. The number of hydrogen-bond donors (Lipinski definition) is 0. The molecule has 1 aliphatic heterocycles. The van der Waals surface area contributed by atoms with E-state index in [1.807, 2.05) is 25.1 Å². The second kappa shape index (κ2) is 5.98. The Morgan fingerprint density at radius 1 is 1.13 bits per heavy atom. The molecule has 1 atom stereocenters. The first-order valence-electron chi connectivity index (χ1n) is 7.27. The van der Waals surface area contributed by atoms with Crippen LogP contribution in [0.3, 0.4) is 0 Å². The average Bonchev–Trinajstić information content (AvgIpc) is 2.90. The molecule has 0 aliphatic carbocycles. The van der Waals surface area contributed by atoms with Crippen LogP contribution >= 0.6 is 11.6 Å². The van der Waals surface area contributed by atoms with Gasteiger partial charge in [0, 0.05) is 5.02 Å². The molecule has 2 aromatic carbocycles. The van der Waals surface area contributed by atoms with E-state index in [2.05, 4.69) is 4.99 Å². The van der Waals surface area contributed by atoms with Gasteiger partial charge in [0.15, 0.2) is 0 Å². The largest absolute Gasteiger partial charge is 0.265 e. The Balaban J connectivity index is 1.90. The predicted octanol–water partition coefficient (Wildman–Crippen LogP) is 3.81. The third-order valence-electron chi connectivity index (χ3n) is 3.88. The Morgan fingerprint density at radius 3 is 2.48 bits per heavy atom. The smallest absolute Gasteiger partial charge is 0.262 e. The van der Waals surface area contributed by atoms with E-state index in [4.69, 9.17) is 11.6 Å². The summed E-state index contributed by atoms with van der Waals surface area (Å²) in [6.07, 6.45) is 0. The molecule has 1 aliphatic rings. The molecule has 1 heterocycles. The fraction of sp³-hybridized carbons (Fsp3) is 0.235. The maximum absolute atomic E-state index is 12.8. The number of amidine groups is 1. The Hall–Kier alpha value is -1.85. The van der Waals surface area contributed by atoms with Gasteiger partial charge in [-0.05, 0) is 43.7 Å². The van der Waals surface area contributed by atoms with Crippen LogP contribution in [-0.2, 0) is 10.0 Å². The highest BCUT2D eigenvalue weighted by Gasteiger charge is 2.33. The van der Waals surface area contributed by atoms with Gasteiger partial charge in [0.25, 0.3) is 10.0 Å². The van der Waals surface area contributed by atoms with Gasteiger partial charge in [0.2, 0.25) is 0 Å². The first kappa shape index (κ1) is 16.0.